The van der Waals surface area contributed by atoms with Crippen molar-refractivity contribution in [2.24, 2.45) is 0 Å². The van der Waals surface area contributed by atoms with Crippen LogP contribution >= 0.6 is 0 Å². The SMILES string of the molecule is CNC(=O)OCc1nc(N(C)C(C)C)cc2c1CN(c1cccc(-c3nncn3C3CCC(=O)CC3)n1)C2=O. The van der Waals surface area contributed by atoms with Gasteiger partial charge in [-0.15, -0.1) is 10.2 Å². The van der Waals surface area contributed by atoms with Crippen LogP contribution in [0.4, 0.5) is 16.4 Å². The lowest BCUT2D eigenvalue weighted by Gasteiger charge is -2.23. The van der Waals surface area contributed by atoms with Gasteiger partial charge >= 0.3 is 6.09 Å². The van der Waals surface area contributed by atoms with E-state index >= 15 is 0 Å². The van der Waals surface area contributed by atoms with E-state index in [0.29, 0.717) is 52.8 Å². The van der Waals surface area contributed by atoms with Gasteiger partial charge in [-0.3, -0.25) is 14.5 Å². The third-order valence-electron chi connectivity index (χ3n) is 7.39. The molecular weight excluding hydrogens is 500 g/mol. The van der Waals surface area contributed by atoms with Gasteiger partial charge in [-0.1, -0.05) is 6.07 Å². The summed E-state index contributed by atoms with van der Waals surface area (Å²) in [5, 5.41) is 10.9. The predicted octanol–water partition coefficient (Wildman–Crippen LogP) is 3.28. The smallest absolute Gasteiger partial charge is 0.407 e. The van der Waals surface area contributed by atoms with Crippen molar-refractivity contribution < 1.29 is 19.1 Å². The predicted molar refractivity (Wildman–Crippen MR) is 143 cm³/mol. The molecule has 39 heavy (non-hydrogen) atoms. The Morgan fingerprint density at radius 2 is 1.97 bits per heavy atom. The zero-order valence-corrected chi connectivity index (χ0v) is 22.5. The first-order chi connectivity index (χ1) is 18.8. The summed E-state index contributed by atoms with van der Waals surface area (Å²) < 4.78 is 7.28. The topological polar surface area (TPSA) is 135 Å². The first-order valence-electron chi connectivity index (χ1n) is 13.1. The number of ketones is 1. The number of ether oxygens (including phenoxy) is 1. The fourth-order valence-electron chi connectivity index (χ4n) is 4.90. The number of aromatic nitrogens is 5. The molecule has 0 bridgehead atoms. The Hall–Kier alpha value is -4.35. The summed E-state index contributed by atoms with van der Waals surface area (Å²) in [6.45, 7) is 4.24. The Morgan fingerprint density at radius 3 is 2.69 bits per heavy atom. The van der Waals surface area contributed by atoms with Gasteiger partial charge in [0.05, 0.1) is 17.8 Å². The van der Waals surface area contributed by atoms with E-state index in [1.54, 1.807) is 23.4 Å². The number of alkyl carbamates (subject to hydrolysis) is 1. The van der Waals surface area contributed by atoms with Gasteiger partial charge in [0.25, 0.3) is 5.91 Å². The van der Waals surface area contributed by atoms with Crippen molar-refractivity contribution in [1.82, 2.24) is 30.0 Å². The largest absolute Gasteiger partial charge is 0.443 e. The third kappa shape index (κ3) is 5.18. The van der Waals surface area contributed by atoms with Crippen molar-refractivity contribution in [3.63, 3.8) is 0 Å². The number of pyridine rings is 2. The molecule has 12 heteroatoms. The number of carbonyl (C=O) groups is 3. The van der Waals surface area contributed by atoms with E-state index in [1.807, 2.05) is 42.5 Å². The fourth-order valence-corrected chi connectivity index (χ4v) is 4.90. The maximum absolute atomic E-state index is 13.7. The highest BCUT2D eigenvalue weighted by Gasteiger charge is 2.34. The van der Waals surface area contributed by atoms with Crippen molar-refractivity contribution in [3.8, 4) is 11.5 Å². The molecule has 0 spiro atoms. The van der Waals surface area contributed by atoms with Crippen LogP contribution in [-0.2, 0) is 22.7 Å². The van der Waals surface area contributed by atoms with Crippen LogP contribution in [0.25, 0.3) is 11.5 Å². The summed E-state index contributed by atoms with van der Waals surface area (Å²) in [6.07, 6.45) is 3.68. The van der Waals surface area contributed by atoms with E-state index in [4.69, 9.17) is 14.7 Å². The molecule has 5 rings (SSSR count). The Balaban J connectivity index is 1.46. The highest BCUT2D eigenvalue weighted by Crippen LogP contribution is 2.34. The first-order valence-corrected chi connectivity index (χ1v) is 13.1. The number of carbonyl (C=O) groups excluding carboxylic acids is 3. The zero-order chi connectivity index (χ0) is 27.7. The molecule has 1 aliphatic carbocycles. The van der Waals surface area contributed by atoms with Crippen LogP contribution in [-0.4, -0.2) is 62.7 Å². The lowest BCUT2D eigenvalue weighted by atomic mass is 9.94. The van der Waals surface area contributed by atoms with E-state index in [0.717, 1.165) is 12.8 Å². The van der Waals surface area contributed by atoms with Crippen LogP contribution in [0.5, 0.6) is 0 Å². The Morgan fingerprint density at radius 1 is 1.21 bits per heavy atom. The van der Waals surface area contributed by atoms with Crippen molar-refractivity contribution in [1.29, 1.82) is 0 Å². The minimum absolute atomic E-state index is 0.0661. The molecule has 1 aliphatic heterocycles. The molecule has 0 atom stereocenters. The molecule has 4 heterocycles. The molecule has 1 fully saturated rings. The van der Waals surface area contributed by atoms with Gasteiger partial charge in [0.2, 0.25) is 0 Å². The van der Waals surface area contributed by atoms with Gasteiger partial charge in [0.15, 0.2) is 5.82 Å². The van der Waals surface area contributed by atoms with Gasteiger partial charge < -0.3 is 19.5 Å². The molecule has 2 amide bonds. The highest BCUT2D eigenvalue weighted by atomic mass is 16.5. The maximum atomic E-state index is 13.7. The molecule has 2 aliphatic rings. The standard InChI is InChI=1S/C27H32N8O4/c1-16(2)33(4)24-12-19-20(22(31-24)14-39-27(38)28-3)13-34(26(19)37)23-7-5-6-21(30-23)25-32-29-15-35(25)17-8-10-18(36)11-9-17/h5-7,12,15-17H,8-11,13-14H2,1-4H3,(H,28,38). The van der Waals surface area contributed by atoms with E-state index < -0.39 is 6.09 Å². The summed E-state index contributed by atoms with van der Waals surface area (Å²) in [4.78, 5) is 50.3. The van der Waals surface area contributed by atoms with Crippen molar-refractivity contribution in [3.05, 3.63) is 47.4 Å². The summed E-state index contributed by atoms with van der Waals surface area (Å²) in [5.74, 6) is 1.77. The van der Waals surface area contributed by atoms with Crippen LogP contribution in [0.1, 0.15) is 67.2 Å². The van der Waals surface area contributed by atoms with E-state index in [-0.39, 0.29) is 36.9 Å². The minimum atomic E-state index is -0.574. The van der Waals surface area contributed by atoms with E-state index in [2.05, 4.69) is 15.5 Å². The van der Waals surface area contributed by atoms with Crippen LogP contribution in [0.2, 0.25) is 0 Å². The molecule has 1 N–H and O–H groups in total. The number of fused-ring (bicyclic) bond motifs is 1. The number of anilines is 2. The lowest BCUT2D eigenvalue weighted by Crippen LogP contribution is -2.27. The monoisotopic (exact) mass is 532 g/mol. The quantitative estimate of drug-likeness (QED) is 0.486. The molecule has 204 valence electrons. The maximum Gasteiger partial charge on any atom is 0.407 e. The summed E-state index contributed by atoms with van der Waals surface area (Å²) in [5.41, 5.74) is 2.32. The van der Waals surface area contributed by atoms with Gasteiger partial charge in [-0.25, -0.2) is 14.8 Å². The zero-order valence-electron chi connectivity index (χ0n) is 22.5. The second-order valence-electron chi connectivity index (χ2n) is 10.1. The normalized spacial score (nSPS) is 15.6. The molecule has 0 aromatic carbocycles. The van der Waals surface area contributed by atoms with Crippen LogP contribution in [0.3, 0.4) is 0 Å². The number of hydrogen-bond acceptors (Lipinski definition) is 9. The molecular formula is C27H32N8O4. The Bertz CT molecular complexity index is 1410. The molecule has 3 aromatic rings. The van der Waals surface area contributed by atoms with E-state index in [1.165, 1.54) is 7.05 Å². The van der Waals surface area contributed by atoms with Crippen molar-refractivity contribution in [2.75, 3.05) is 23.9 Å². The number of nitrogens with one attached hydrogen (secondary N) is 1. The van der Waals surface area contributed by atoms with Gasteiger partial charge in [0.1, 0.15) is 36.0 Å². The third-order valence-corrected chi connectivity index (χ3v) is 7.39. The van der Waals surface area contributed by atoms with Crippen LogP contribution in [0.15, 0.2) is 30.6 Å². The second-order valence-corrected chi connectivity index (χ2v) is 10.1. The molecule has 1 saturated carbocycles. The average Bonchev–Trinajstić information content (AvgIpc) is 3.56. The number of Topliss-reactive ketones (excluding diaryl/α,β-unsaturated/α-hetero) is 1. The summed E-state index contributed by atoms with van der Waals surface area (Å²) >= 11 is 0. The molecule has 12 nitrogen and oxygen atoms in total. The van der Waals surface area contributed by atoms with Crippen LogP contribution in [0, 0.1) is 0 Å². The average molecular weight is 533 g/mol. The van der Waals surface area contributed by atoms with Crippen LogP contribution < -0.4 is 15.1 Å². The number of nitrogens with zero attached hydrogens (tertiary/aromatic N) is 7. The van der Waals surface area contributed by atoms with E-state index in [9.17, 15) is 14.4 Å². The Kier molecular flexibility index (Phi) is 7.27. The first kappa shape index (κ1) is 26.3. The number of rotatable bonds is 7. The minimum Gasteiger partial charge on any atom is -0.443 e. The summed E-state index contributed by atoms with van der Waals surface area (Å²) in [6, 6.07) is 7.51. The molecule has 0 unspecified atom stereocenters. The van der Waals surface area contributed by atoms with Gasteiger partial charge in [-0.05, 0) is 44.9 Å². The van der Waals surface area contributed by atoms with Gasteiger partial charge in [0, 0.05) is 44.6 Å². The highest BCUT2D eigenvalue weighted by molar-refractivity contribution is 6.10. The fraction of sp³-hybridized carbons (Fsp3) is 0.444. The van der Waals surface area contributed by atoms with Gasteiger partial charge in [-0.2, -0.15) is 0 Å². The number of hydrogen-bond donors (Lipinski definition) is 1. The molecule has 3 aromatic heterocycles. The van der Waals surface area contributed by atoms with Crippen molar-refractivity contribution >= 4 is 29.4 Å². The number of amides is 2. The Labute approximate surface area is 226 Å². The summed E-state index contributed by atoms with van der Waals surface area (Å²) in [7, 11) is 3.39. The molecule has 0 saturated heterocycles. The lowest BCUT2D eigenvalue weighted by molar-refractivity contribution is -0.120. The second kappa shape index (κ2) is 10.8. The van der Waals surface area contributed by atoms with Crippen molar-refractivity contribution in [2.45, 2.75) is 64.8 Å². The molecule has 0 radical (unpaired) electrons.